The van der Waals surface area contributed by atoms with E-state index in [9.17, 15) is 18.0 Å². The second-order valence-electron chi connectivity index (χ2n) is 2.63. The minimum absolute atomic E-state index is 0.218. The van der Waals surface area contributed by atoms with Crippen LogP contribution in [-0.2, 0) is 11.0 Å². The van der Waals surface area contributed by atoms with Gasteiger partial charge in [0.25, 0.3) is 0 Å². The molecule has 0 fully saturated rings. The molecule has 0 unspecified atom stereocenters. The third kappa shape index (κ3) is 3.05. The molecule has 1 aromatic heterocycles. The molecule has 0 spiro atoms. The zero-order chi connectivity index (χ0) is 12.3. The van der Waals surface area contributed by atoms with Crippen molar-refractivity contribution in [1.29, 1.82) is 0 Å². The minimum Gasteiger partial charge on any atom is -0.480 e. The first kappa shape index (κ1) is 12.7. The highest BCUT2D eigenvalue weighted by molar-refractivity contribution is 9.10. The molecule has 0 aliphatic rings. The SMILES string of the molecule is O=C(O)CNc1ncnc(C(F)(F)F)c1Br. The van der Waals surface area contributed by atoms with Crippen molar-refractivity contribution < 1.29 is 23.1 Å². The predicted molar refractivity (Wildman–Crippen MR) is 50.9 cm³/mol. The molecular formula is C7H5BrF3N3O2. The summed E-state index contributed by atoms with van der Waals surface area (Å²) in [7, 11) is 0. The second-order valence-corrected chi connectivity index (χ2v) is 3.42. The number of hydrogen-bond acceptors (Lipinski definition) is 4. The van der Waals surface area contributed by atoms with E-state index < -0.39 is 28.9 Å². The van der Waals surface area contributed by atoms with E-state index in [1.165, 1.54) is 0 Å². The Kier molecular flexibility index (Phi) is 3.68. The number of nitrogens with one attached hydrogen (secondary N) is 1. The third-order valence-corrected chi connectivity index (χ3v) is 2.22. The van der Waals surface area contributed by atoms with Crippen molar-refractivity contribution in [1.82, 2.24) is 9.97 Å². The van der Waals surface area contributed by atoms with Crippen LogP contribution in [0.15, 0.2) is 10.8 Å². The maximum absolute atomic E-state index is 12.4. The number of carboxylic acids is 1. The largest absolute Gasteiger partial charge is 0.480 e. The average molecular weight is 300 g/mol. The molecule has 5 nitrogen and oxygen atoms in total. The van der Waals surface area contributed by atoms with Crippen LogP contribution >= 0.6 is 15.9 Å². The quantitative estimate of drug-likeness (QED) is 0.889. The van der Waals surface area contributed by atoms with Gasteiger partial charge in [-0.3, -0.25) is 4.79 Å². The zero-order valence-electron chi connectivity index (χ0n) is 7.55. The van der Waals surface area contributed by atoms with Gasteiger partial charge in [0.2, 0.25) is 0 Å². The lowest BCUT2D eigenvalue weighted by atomic mass is 10.4. The number of aromatic nitrogens is 2. The summed E-state index contributed by atoms with van der Waals surface area (Å²) in [6, 6.07) is 0. The second kappa shape index (κ2) is 4.64. The van der Waals surface area contributed by atoms with Gasteiger partial charge in [-0.1, -0.05) is 0 Å². The molecule has 0 saturated carbocycles. The van der Waals surface area contributed by atoms with Gasteiger partial charge in [-0.15, -0.1) is 0 Å². The molecule has 0 radical (unpaired) electrons. The number of aliphatic carboxylic acids is 1. The van der Waals surface area contributed by atoms with Gasteiger partial charge >= 0.3 is 12.1 Å². The van der Waals surface area contributed by atoms with Gasteiger partial charge in [-0.05, 0) is 15.9 Å². The van der Waals surface area contributed by atoms with Crippen molar-refractivity contribution in [2.24, 2.45) is 0 Å². The lowest BCUT2D eigenvalue weighted by Crippen LogP contribution is -2.16. The van der Waals surface area contributed by atoms with Crippen LogP contribution in [0.5, 0.6) is 0 Å². The zero-order valence-corrected chi connectivity index (χ0v) is 9.13. The minimum atomic E-state index is -4.62. The topological polar surface area (TPSA) is 75.1 Å². The monoisotopic (exact) mass is 299 g/mol. The Hall–Kier alpha value is -1.38. The fraction of sp³-hybridized carbons (Fsp3) is 0.286. The number of carbonyl (C=O) groups is 1. The summed E-state index contributed by atoms with van der Waals surface area (Å²) in [5, 5.41) is 10.6. The lowest BCUT2D eigenvalue weighted by Gasteiger charge is -2.10. The first-order valence-electron chi connectivity index (χ1n) is 3.85. The van der Waals surface area contributed by atoms with Crippen molar-refractivity contribution in [3.05, 3.63) is 16.5 Å². The molecule has 1 rings (SSSR count). The normalized spacial score (nSPS) is 11.2. The highest BCUT2D eigenvalue weighted by Crippen LogP contribution is 2.35. The van der Waals surface area contributed by atoms with E-state index in [1.54, 1.807) is 0 Å². The van der Waals surface area contributed by atoms with Crippen LogP contribution in [-0.4, -0.2) is 27.6 Å². The van der Waals surface area contributed by atoms with E-state index in [0.717, 1.165) is 0 Å². The summed E-state index contributed by atoms with van der Waals surface area (Å²) in [5.74, 6) is -1.43. The molecule has 1 heterocycles. The molecule has 0 bridgehead atoms. The summed E-state index contributed by atoms with van der Waals surface area (Å²) in [4.78, 5) is 16.8. The van der Waals surface area contributed by atoms with E-state index >= 15 is 0 Å². The molecule has 0 atom stereocenters. The summed E-state index contributed by atoms with van der Waals surface area (Å²) in [5.41, 5.74) is -1.16. The summed E-state index contributed by atoms with van der Waals surface area (Å²) in [6.45, 7) is -0.535. The van der Waals surface area contributed by atoms with E-state index in [2.05, 4.69) is 31.2 Å². The third-order valence-electron chi connectivity index (χ3n) is 1.47. The number of carboxylic acid groups (broad SMARTS) is 1. The average Bonchev–Trinajstić information content (AvgIpc) is 2.14. The van der Waals surface area contributed by atoms with Crippen LogP contribution in [0.3, 0.4) is 0 Å². The lowest BCUT2D eigenvalue weighted by molar-refractivity contribution is -0.141. The molecule has 2 N–H and O–H groups in total. The van der Waals surface area contributed by atoms with Gasteiger partial charge in [-0.25, -0.2) is 9.97 Å². The van der Waals surface area contributed by atoms with Gasteiger partial charge in [-0.2, -0.15) is 13.2 Å². The first-order valence-corrected chi connectivity index (χ1v) is 4.65. The number of anilines is 1. The Labute approximate surface area is 95.8 Å². The number of nitrogens with zero attached hydrogens (tertiary/aromatic N) is 2. The number of halogens is 4. The van der Waals surface area contributed by atoms with Crippen molar-refractivity contribution >= 4 is 27.7 Å². The standard InChI is InChI=1S/C7H5BrF3N3O2/c8-4-5(7(9,10)11)13-2-14-6(4)12-1-3(15)16/h2H,1H2,(H,15,16)(H,12,13,14). The van der Waals surface area contributed by atoms with Crippen LogP contribution in [0.2, 0.25) is 0 Å². The summed E-state index contributed by atoms with van der Waals surface area (Å²) < 4.78 is 36.7. The van der Waals surface area contributed by atoms with E-state index in [-0.39, 0.29) is 5.82 Å². The highest BCUT2D eigenvalue weighted by atomic mass is 79.9. The molecule has 9 heteroatoms. The van der Waals surface area contributed by atoms with Gasteiger partial charge in [0.1, 0.15) is 18.7 Å². The molecule has 0 aromatic carbocycles. The Bertz CT molecular complexity index is 410. The van der Waals surface area contributed by atoms with Crippen LogP contribution in [0.25, 0.3) is 0 Å². The van der Waals surface area contributed by atoms with Gasteiger partial charge < -0.3 is 10.4 Å². The fourth-order valence-electron chi connectivity index (χ4n) is 0.850. The first-order chi connectivity index (χ1) is 7.32. The summed E-state index contributed by atoms with van der Waals surface area (Å²) in [6.07, 6.45) is -3.92. The number of alkyl halides is 3. The van der Waals surface area contributed by atoms with Gasteiger partial charge in [0, 0.05) is 0 Å². The maximum atomic E-state index is 12.4. The Morgan fingerprint density at radius 2 is 2.12 bits per heavy atom. The maximum Gasteiger partial charge on any atom is 0.434 e. The van der Waals surface area contributed by atoms with Gasteiger partial charge in [0.15, 0.2) is 5.69 Å². The van der Waals surface area contributed by atoms with E-state index in [4.69, 9.17) is 5.11 Å². The fourth-order valence-corrected chi connectivity index (χ4v) is 1.42. The smallest absolute Gasteiger partial charge is 0.434 e. The van der Waals surface area contributed by atoms with Crippen molar-refractivity contribution in [2.75, 3.05) is 11.9 Å². The Morgan fingerprint density at radius 3 is 2.62 bits per heavy atom. The van der Waals surface area contributed by atoms with Crippen LogP contribution in [0.4, 0.5) is 19.0 Å². The molecule has 0 amide bonds. The molecule has 1 aromatic rings. The Morgan fingerprint density at radius 1 is 1.50 bits per heavy atom. The van der Waals surface area contributed by atoms with Gasteiger partial charge in [0.05, 0.1) is 4.47 Å². The molecular weight excluding hydrogens is 295 g/mol. The molecule has 0 saturated heterocycles. The Balaban J connectivity index is 3.00. The predicted octanol–water partition coefficient (Wildman–Crippen LogP) is 1.75. The molecule has 88 valence electrons. The highest BCUT2D eigenvalue weighted by Gasteiger charge is 2.36. The van der Waals surface area contributed by atoms with E-state index in [1.807, 2.05) is 0 Å². The van der Waals surface area contributed by atoms with Crippen molar-refractivity contribution in [3.63, 3.8) is 0 Å². The van der Waals surface area contributed by atoms with Crippen LogP contribution in [0.1, 0.15) is 5.69 Å². The number of hydrogen-bond donors (Lipinski definition) is 2. The van der Waals surface area contributed by atoms with E-state index in [0.29, 0.717) is 6.33 Å². The van der Waals surface area contributed by atoms with Crippen molar-refractivity contribution in [2.45, 2.75) is 6.18 Å². The van der Waals surface area contributed by atoms with Crippen LogP contribution < -0.4 is 5.32 Å². The summed E-state index contributed by atoms with van der Waals surface area (Å²) >= 11 is 2.67. The molecule has 0 aliphatic heterocycles. The van der Waals surface area contributed by atoms with Crippen LogP contribution in [0, 0.1) is 0 Å². The number of rotatable bonds is 3. The van der Waals surface area contributed by atoms with Crippen molar-refractivity contribution in [3.8, 4) is 0 Å². The molecule has 16 heavy (non-hydrogen) atoms. The molecule has 0 aliphatic carbocycles.